The molecule has 0 atom stereocenters. The highest BCUT2D eigenvalue weighted by Crippen LogP contribution is 2.41. The second-order valence-corrected chi connectivity index (χ2v) is 8.40. The van der Waals surface area contributed by atoms with Gasteiger partial charge in [-0.25, -0.2) is 19.5 Å². The van der Waals surface area contributed by atoms with Crippen LogP contribution in [0.4, 0.5) is 0 Å². The lowest BCUT2D eigenvalue weighted by atomic mass is 10.2. The summed E-state index contributed by atoms with van der Waals surface area (Å²) < 4.78 is 1.79. The summed E-state index contributed by atoms with van der Waals surface area (Å²) in [5.41, 5.74) is 3.41. The first-order valence-electron chi connectivity index (χ1n) is 8.26. The van der Waals surface area contributed by atoms with Crippen LogP contribution in [0.5, 0.6) is 0 Å². The summed E-state index contributed by atoms with van der Waals surface area (Å²) in [5.74, 6) is 1.43. The minimum absolute atomic E-state index is 0.637. The zero-order chi connectivity index (χ0) is 17.1. The van der Waals surface area contributed by atoms with Crippen LogP contribution >= 0.6 is 23.1 Å². The van der Waals surface area contributed by atoms with E-state index in [0.717, 1.165) is 39.9 Å². The molecule has 5 rings (SSSR count). The molecule has 4 heterocycles. The molecule has 0 spiro atoms. The standard InChI is InChI=1S/C17H16N6S2/c1-8-7-9(2)23-16(18-8)21-17(22-23)25-15-13-11-5-4-6-12(11)24-14(13)19-10(3)20-15/h7H,4-6H2,1-3H3. The normalized spacial score (nSPS) is 13.9. The number of hydrogen-bond acceptors (Lipinski definition) is 7. The van der Waals surface area contributed by atoms with Gasteiger partial charge in [-0.2, -0.15) is 4.98 Å². The monoisotopic (exact) mass is 368 g/mol. The summed E-state index contributed by atoms with van der Waals surface area (Å²) >= 11 is 3.33. The van der Waals surface area contributed by atoms with Gasteiger partial charge in [0.1, 0.15) is 15.7 Å². The van der Waals surface area contributed by atoms with E-state index in [2.05, 4.69) is 20.1 Å². The lowest BCUT2D eigenvalue weighted by Gasteiger charge is -2.03. The van der Waals surface area contributed by atoms with Crippen molar-refractivity contribution in [3.8, 4) is 0 Å². The van der Waals surface area contributed by atoms with Crippen LogP contribution in [0.1, 0.15) is 34.1 Å². The van der Waals surface area contributed by atoms with Gasteiger partial charge in [0.25, 0.3) is 5.78 Å². The van der Waals surface area contributed by atoms with E-state index in [9.17, 15) is 0 Å². The third-order valence-electron chi connectivity index (χ3n) is 4.43. The molecule has 0 bridgehead atoms. The topological polar surface area (TPSA) is 68.9 Å². The maximum Gasteiger partial charge on any atom is 0.253 e. The number of aromatic nitrogens is 6. The highest BCUT2D eigenvalue weighted by atomic mass is 32.2. The van der Waals surface area contributed by atoms with E-state index in [1.54, 1.807) is 4.52 Å². The highest BCUT2D eigenvalue weighted by Gasteiger charge is 2.23. The molecule has 1 aliphatic rings. The molecule has 0 N–H and O–H groups in total. The Labute approximate surface area is 152 Å². The maximum absolute atomic E-state index is 4.71. The van der Waals surface area contributed by atoms with E-state index in [-0.39, 0.29) is 0 Å². The Morgan fingerprint density at radius 3 is 2.84 bits per heavy atom. The van der Waals surface area contributed by atoms with Crippen LogP contribution in [0.15, 0.2) is 16.2 Å². The molecule has 4 aromatic rings. The predicted octanol–water partition coefficient (Wildman–Crippen LogP) is 3.69. The van der Waals surface area contributed by atoms with E-state index in [0.29, 0.717) is 10.9 Å². The number of thiophene rings is 1. The molecule has 6 nitrogen and oxygen atoms in total. The molecule has 8 heteroatoms. The molecule has 0 radical (unpaired) electrons. The van der Waals surface area contributed by atoms with Crippen molar-refractivity contribution in [2.24, 2.45) is 0 Å². The first-order valence-corrected chi connectivity index (χ1v) is 9.89. The van der Waals surface area contributed by atoms with Crippen LogP contribution in [0.25, 0.3) is 16.0 Å². The van der Waals surface area contributed by atoms with Crippen LogP contribution < -0.4 is 0 Å². The fourth-order valence-corrected chi connectivity index (χ4v) is 5.71. The number of rotatable bonds is 2. The summed E-state index contributed by atoms with van der Waals surface area (Å²) in [6.45, 7) is 5.94. The number of hydrogen-bond donors (Lipinski definition) is 0. The van der Waals surface area contributed by atoms with Crippen LogP contribution in [-0.2, 0) is 12.8 Å². The second kappa shape index (κ2) is 5.47. The molecule has 0 amide bonds. The van der Waals surface area contributed by atoms with Gasteiger partial charge >= 0.3 is 0 Å². The highest BCUT2D eigenvalue weighted by molar-refractivity contribution is 7.99. The zero-order valence-corrected chi connectivity index (χ0v) is 15.8. The fourth-order valence-electron chi connectivity index (χ4n) is 3.42. The molecule has 0 unspecified atom stereocenters. The van der Waals surface area contributed by atoms with Crippen molar-refractivity contribution in [2.45, 2.75) is 50.2 Å². The maximum atomic E-state index is 4.71. The van der Waals surface area contributed by atoms with E-state index in [4.69, 9.17) is 4.98 Å². The summed E-state index contributed by atoms with van der Waals surface area (Å²) in [6.07, 6.45) is 3.51. The molecule has 0 saturated carbocycles. The molecular formula is C17H16N6S2. The molecule has 126 valence electrons. The molecular weight excluding hydrogens is 352 g/mol. The number of aryl methyl sites for hydroxylation is 5. The lowest BCUT2D eigenvalue weighted by Crippen LogP contribution is -1.97. The van der Waals surface area contributed by atoms with Gasteiger partial charge < -0.3 is 0 Å². The largest absolute Gasteiger partial charge is 0.253 e. The molecule has 0 aliphatic heterocycles. The van der Waals surface area contributed by atoms with Crippen LogP contribution in [0.2, 0.25) is 0 Å². The number of nitrogens with zero attached hydrogens (tertiary/aromatic N) is 6. The van der Waals surface area contributed by atoms with E-state index in [1.807, 2.05) is 38.2 Å². The van der Waals surface area contributed by atoms with Gasteiger partial charge in [-0.15, -0.1) is 16.4 Å². The van der Waals surface area contributed by atoms with E-state index >= 15 is 0 Å². The smallest absolute Gasteiger partial charge is 0.226 e. The van der Waals surface area contributed by atoms with Crippen molar-refractivity contribution in [3.05, 3.63) is 33.7 Å². The first kappa shape index (κ1) is 15.2. The Balaban J connectivity index is 1.66. The molecule has 25 heavy (non-hydrogen) atoms. The molecule has 0 aromatic carbocycles. The van der Waals surface area contributed by atoms with Gasteiger partial charge in [-0.1, -0.05) is 0 Å². The third kappa shape index (κ3) is 2.43. The van der Waals surface area contributed by atoms with Crippen molar-refractivity contribution < 1.29 is 0 Å². The van der Waals surface area contributed by atoms with E-state index < -0.39 is 0 Å². The van der Waals surface area contributed by atoms with Crippen molar-refractivity contribution in [3.63, 3.8) is 0 Å². The summed E-state index contributed by atoms with van der Waals surface area (Å²) in [4.78, 5) is 21.0. The average molecular weight is 368 g/mol. The van der Waals surface area contributed by atoms with Gasteiger partial charge in [-0.3, -0.25) is 0 Å². The molecule has 0 fully saturated rings. The van der Waals surface area contributed by atoms with Gasteiger partial charge in [0, 0.05) is 21.7 Å². The average Bonchev–Trinajstić information content (AvgIpc) is 3.20. The quantitative estimate of drug-likeness (QED) is 0.503. The van der Waals surface area contributed by atoms with Crippen LogP contribution in [0, 0.1) is 20.8 Å². The summed E-state index contributed by atoms with van der Waals surface area (Å²) in [5, 5.41) is 7.46. The molecule has 0 saturated heterocycles. The second-order valence-electron chi connectivity index (χ2n) is 6.36. The first-order chi connectivity index (χ1) is 12.1. The Bertz CT molecular complexity index is 1140. The van der Waals surface area contributed by atoms with Crippen molar-refractivity contribution in [2.75, 3.05) is 0 Å². The fraction of sp³-hybridized carbons (Fsp3) is 0.353. The van der Waals surface area contributed by atoms with Gasteiger partial charge in [0.15, 0.2) is 0 Å². The summed E-state index contributed by atoms with van der Waals surface area (Å²) in [6, 6.07) is 2.01. The van der Waals surface area contributed by atoms with Crippen LogP contribution in [0.3, 0.4) is 0 Å². The minimum atomic E-state index is 0.637. The lowest BCUT2D eigenvalue weighted by molar-refractivity contribution is 0.842. The summed E-state index contributed by atoms with van der Waals surface area (Å²) in [7, 11) is 0. The predicted molar refractivity (Wildman–Crippen MR) is 98.6 cm³/mol. The Morgan fingerprint density at radius 2 is 1.96 bits per heavy atom. The molecule has 1 aliphatic carbocycles. The van der Waals surface area contributed by atoms with E-state index in [1.165, 1.54) is 34.0 Å². The van der Waals surface area contributed by atoms with Gasteiger partial charge in [-0.05, 0) is 63.4 Å². The Kier molecular flexibility index (Phi) is 3.33. The Hall–Kier alpha value is -2.06. The van der Waals surface area contributed by atoms with Gasteiger partial charge in [0.2, 0.25) is 5.16 Å². The van der Waals surface area contributed by atoms with Crippen molar-refractivity contribution >= 4 is 39.1 Å². The van der Waals surface area contributed by atoms with Crippen LogP contribution in [-0.4, -0.2) is 29.5 Å². The number of fused-ring (bicyclic) bond motifs is 4. The minimum Gasteiger partial charge on any atom is -0.226 e. The molecule has 4 aromatic heterocycles. The Morgan fingerprint density at radius 1 is 1.08 bits per heavy atom. The SMILES string of the molecule is Cc1cc(C)n2nc(Sc3nc(C)nc4sc5c(c34)CCC5)nc2n1. The zero-order valence-electron chi connectivity index (χ0n) is 14.2. The van der Waals surface area contributed by atoms with Gasteiger partial charge in [0.05, 0.1) is 0 Å². The third-order valence-corrected chi connectivity index (χ3v) is 6.46. The van der Waals surface area contributed by atoms with Crippen molar-refractivity contribution in [1.82, 2.24) is 29.5 Å². The van der Waals surface area contributed by atoms with Crippen molar-refractivity contribution in [1.29, 1.82) is 0 Å².